The van der Waals surface area contributed by atoms with Crippen molar-refractivity contribution in [2.45, 2.75) is 44.9 Å². The van der Waals surface area contributed by atoms with Gasteiger partial charge in [0.25, 0.3) is 0 Å². The van der Waals surface area contributed by atoms with Crippen molar-refractivity contribution in [1.82, 2.24) is 9.80 Å². The van der Waals surface area contributed by atoms with Crippen molar-refractivity contribution in [3.63, 3.8) is 0 Å². The van der Waals surface area contributed by atoms with Crippen LogP contribution in [-0.2, 0) is 9.59 Å². The number of rotatable bonds is 8. The highest BCUT2D eigenvalue weighted by atomic mass is 16.4. The van der Waals surface area contributed by atoms with E-state index in [4.69, 9.17) is 5.11 Å². The summed E-state index contributed by atoms with van der Waals surface area (Å²) in [6.45, 7) is 1.72. The number of hydrogen-bond acceptors (Lipinski definition) is 3. The molecule has 0 unspecified atom stereocenters. The standard InChI is InChI=1S/C15H28N2O3/c1-16(2)10-11-17(9-8-15(19)20)14(18)12-13-6-4-3-5-7-13/h13H,3-12H2,1-2H3,(H,19,20). The van der Waals surface area contributed by atoms with E-state index in [1.54, 1.807) is 4.90 Å². The first-order chi connectivity index (χ1) is 9.49. The Bertz CT molecular complexity index is 312. The van der Waals surface area contributed by atoms with Crippen LogP contribution in [0.4, 0.5) is 0 Å². The number of carboxylic acids is 1. The minimum atomic E-state index is -0.842. The van der Waals surface area contributed by atoms with Gasteiger partial charge >= 0.3 is 5.97 Å². The summed E-state index contributed by atoms with van der Waals surface area (Å²) >= 11 is 0. The molecule has 0 aromatic heterocycles. The Hall–Kier alpha value is -1.10. The van der Waals surface area contributed by atoms with Gasteiger partial charge in [-0.1, -0.05) is 19.3 Å². The van der Waals surface area contributed by atoms with Gasteiger partial charge in [0.05, 0.1) is 6.42 Å². The molecule has 1 fully saturated rings. The first-order valence-corrected chi connectivity index (χ1v) is 7.63. The van der Waals surface area contributed by atoms with Crippen LogP contribution < -0.4 is 0 Å². The Labute approximate surface area is 121 Å². The normalized spacial score (nSPS) is 16.4. The molecule has 5 heteroatoms. The van der Waals surface area contributed by atoms with Gasteiger partial charge in [0.15, 0.2) is 0 Å². The van der Waals surface area contributed by atoms with E-state index >= 15 is 0 Å². The highest BCUT2D eigenvalue weighted by Gasteiger charge is 2.21. The summed E-state index contributed by atoms with van der Waals surface area (Å²) in [5, 5.41) is 8.79. The lowest BCUT2D eigenvalue weighted by Gasteiger charge is -2.27. The average molecular weight is 284 g/mol. The van der Waals surface area contributed by atoms with E-state index in [9.17, 15) is 9.59 Å². The van der Waals surface area contributed by atoms with Crippen LogP contribution in [-0.4, -0.2) is 60.5 Å². The Morgan fingerprint density at radius 3 is 2.25 bits per heavy atom. The SMILES string of the molecule is CN(C)CCN(CCC(=O)O)C(=O)CC1CCCCC1. The van der Waals surface area contributed by atoms with Gasteiger partial charge in [0, 0.05) is 26.1 Å². The Morgan fingerprint density at radius 2 is 1.70 bits per heavy atom. The lowest BCUT2D eigenvalue weighted by atomic mass is 9.86. The second-order valence-corrected chi connectivity index (χ2v) is 6.04. The highest BCUT2D eigenvalue weighted by Crippen LogP contribution is 2.26. The van der Waals surface area contributed by atoms with Crippen LogP contribution in [0.2, 0.25) is 0 Å². The minimum Gasteiger partial charge on any atom is -0.481 e. The number of likely N-dealkylation sites (N-methyl/N-ethyl adjacent to an activating group) is 1. The van der Waals surface area contributed by atoms with Crippen LogP contribution in [0.25, 0.3) is 0 Å². The summed E-state index contributed by atoms with van der Waals surface area (Å²) in [5.41, 5.74) is 0. The highest BCUT2D eigenvalue weighted by molar-refractivity contribution is 5.77. The molecule has 1 aliphatic rings. The molecule has 5 nitrogen and oxygen atoms in total. The van der Waals surface area contributed by atoms with Crippen molar-refractivity contribution >= 4 is 11.9 Å². The largest absolute Gasteiger partial charge is 0.481 e. The lowest BCUT2D eigenvalue weighted by molar-refractivity contribution is -0.138. The summed E-state index contributed by atoms with van der Waals surface area (Å²) in [6, 6.07) is 0. The van der Waals surface area contributed by atoms with Crippen molar-refractivity contribution in [1.29, 1.82) is 0 Å². The van der Waals surface area contributed by atoms with Gasteiger partial charge in [-0.3, -0.25) is 9.59 Å². The maximum Gasteiger partial charge on any atom is 0.305 e. The molecule has 1 rings (SSSR count). The monoisotopic (exact) mass is 284 g/mol. The van der Waals surface area contributed by atoms with Gasteiger partial charge in [-0.15, -0.1) is 0 Å². The Morgan fingerprint density at radius 1 is 1.05 bits per heavy atom. The molecule has 0 aromatic carbocycles. The molecule has 1 N–H and O–H groups in total. The van der Waals surface area contributed by atoms with Gasteiger partial charge in [-0.25, -0.2) is 0 Å². The number of hydrogen-bond donors (Lipinski definition) is 1. The van der Waals surface area contributed by atoms with Gasteiger partial charge in [-0.2, -0.15) is 0 Å². The van der Waals surface area contributed by atoms with Crippen LogP contribution in [0.5, 0.6) is 0 Å². The number of carbonyl (C=O) groups is 2. The zero-order valence-corrected chi connectivity index (χ0v) is 12.8. The fourth-order valence-corrected chi connectivity index (χ4v) is 2.68. The maximum absolute atomic E-state index is 12.4. The van der Waals surface area contributed by atoms with Crippen molar-refractivity contribution in [2.24, 2.45) is 5.92 Å². The minimum absolute atomic E-state index is 0.0316. The van der Waals surface area contributed by atoms with Crippen molar-refractivity contribution in [3.8, 4) is 0 Å². The Kier molecular flexibility index (Phi) is 7.59. The molecule has 1 saturated carbocycles. The molecule has 0 heterocycles. The molecule has 0 aliphatic heterocycles. The predicted octanol–water partition coefficient (Wildman–Crippen LogP) is 1.82. The van der Waals surface area contributed by atoms with Gasteiger partial charge < -0.3 is 14.9 Å². The van der Waals surface area contributed by atoms with Crippen molar-refractivity contribution < 1.29 is 14.7 Å². The molecule has 116 valence electrons. The van der Waals surface area contributed by atoms with Crippen LogP contribution in [0.3, 0.4) is 0 Å². The van der Waals surface area contributed by atoms with Crippen LogP contribution in [0.1, 0.15) is 44.9 Å². The van der Waals surface area contributed by atoms with Crippen LogP contribution in [0, 0.1) is 5.92 Å². The third-order valence-corrected chi connectivity index (χ3v) is 3.95. The van der Waals surface area contributed by atoms with Gasteiger partial charge in [0.1, 0.15) is 0 Å². The smallest absolute Gasteiger partial charge is 0.305 e. The van der Waals surface area contributed by atoms with Crippen LogP contribution in [0.15, 0.2) is 0 Å². The molecule has 0 atom stereocenters. The molecule has 1 amide bonds. The fraction of sp³-hybridized carbons (Fsp3) is 0.867. The Balaban J connectivity index is 2.45. The van der Waals surface area contributed by atoms with E-state index in [0.717, 1.165) is 19.4 Å². The number of nitrogens with zero attached hydrogens (tertiary/aromatic N) is 2. The third kappa shape index (κ3) is 6.89. The molecular formula is C15H28N2O3. The number of aliphatic carboxylic acids is 1. The molecule has 20 heavy (non-hydrogen) atoms. The first kappa shape index (κ1) is 17.0. The topological polar surface area (TPSA) is 60.9 Å². The van der Waals surface area contributed by atoms with E-state index in [1.807, 2.05) is 19.0 Å². The summed E-state index contributed by atoms with van der Waals surface area (Å²) in [6.07, 6.45) is 6.65. The molecule has 0 spiro atoms. The number of carboxylic acid groups (broad SMARTS) is 1. The van der Waals surface area contributed by atoms with Crippen molar-refractivity contribution in [2.75, 3.05) is 33.7 Å². The quantitative estimate of drug-likeness (QED) is 0.738. The number of amides is 1. The average Bonchev–Trinajstić information content (AvgIpc) is 2.39. The van der Waals surface area contributed by atoms with Gasteiger partial charge in [0.2, 0.25) is 5.91 Å². The summed E-state index contributed by atoms with van der Waals surface area (Å²) in [7, 11) is 3.92. The zero-order chi connectivity index (χ0) is 15.0. The molecule has 0 radical (unpaired) electrons. The lowest BCUT2D eigenvalue weighted by Crippen LogP contribution is -2.39. The molecular weight excluding hydrogens is 256 g/mol. The van der Waals surface area contributed by atoms with Crippen molar-refractivity contribution in [3.05, 3.63) is 0 Å². The van der Waals surface area contributed by atoms with E-state index in [-0.39, 0.29) is 12.3 Å². The second kappa shape index (κ2) is 8.95. The van der Waals surface area contributed by atoms with E-state index in [2.05, 4.69) is 0 Å². The van der Waals surface area contributed by atoms with Gasteiger partial charge in [-0.05, 0) is 32.9 Å². The van der Waals surface area contributed by atoms with E-state index < -0.39 is 5.97 Å². The van der Waals surface area contributed by atoms with Crippen LogP contribution >= 0.6 is 0 Å². The second-order valence-electron chi connectivity index (χ2n) is 6.04. The zero-order valence-electron chi connectivity index (χ0n) is 12.8. The first-order valence-electron chi connectivity index (χ1n) is 7.63. The molecule has 0 aromatic rings. The van der Waals surface area contributed by atoms with E-state index in [1.165, 1.54) is 19.3 Å². The summed E-state index contributed by atoms with van der Waals surface area (Å²) < 4.78 is 0. The predicted molar refractivity (Wildman–Crippen MR) is 78.6 cm³/mol. The molecule has 0 bridgehead atoms. The summed E-state index contributed by atoms with van der Waals surface area (Å²) in [4.78, 5) is 26.8. The number of carbonyl (C=O) groups excluding carboxylic acids is 1. The molecule has 0 saturated heterocycles. The molecule has 1 aliphatic carbocycles. The maximum atomic E-state index is 12.4. The summed E-state index contributed by atoms with van der Waals surface area (Å²) in [5.74, 6) is -0.215. The third-order valence-electron chi connectivity index (χ3n) is 3.95. The van der Waals surface area contributed by atoms with E-state index in [0.29, 0.717) is 25.4 Å². The fourth-order valence-electron chi connectivity index (χ4n) is 2.68.